The number of carbonyl (C=O) groups is 1. The molecule has 0 fully saturated rings. The van der Waals surface area contributed by atoms with Crippen LogP contribution in [0, 0.1) is 0 Å². The Labute approximate surface area is 146 Å². The van der Waals surface area contributed by atoms with E-state index in [-0.39, 0.29) is 12.6 Å². The molecule has 6 nitrogen and oxygen atoms in total. The van der Waals surface area contributed by atoms with Gasteiger partial charge >= 0.3 is 13.6 Å². The second kappa shape index (κ2) is 7.00. The van der Waals surface area contributed by atoms with E-state index in [4.69, 9.17) is 9.26 Å². The second-order valence-corrected chi connectivity index (χ2v) is 7.85. The first-order valence-electron chi connectivity index (χ1n) is 7.91. The molecular formula is C18H20NO5P. The molecule has 2 aromatic carbocycles. The van der Waals surface area contributed by atoms with Gasteiger partial charge in [0.05, 0.1) is 19.7 Å². The smallest absolute Gasteiger partial charge is 0.334 e. The zero-order valence-corrected chi connectivity index (χ0v) is 14.7. The fourth-order valence-electron chi connectivity index (χ4n) is 3.01. The Morgan fingerprint density at radius 3 is 2.56 bits per heavy atom. The minimum absolute atomic E-state index is 0.130. The van der Waals surface area contributed by atoms with Gasteiger partial charge in [0.25, 0.3) is 0 Å². The Morgan fingerprint density at radius 1 is 1.20 bits per heavy atom. The summed E-state index contributed by atoms with van der Waals surface area (Å²) in [6, 6.07) is 16.4. The Kier molecular flexibility index (Phi) is 4.95. The van der Waals surface area contributed by atoms with E-state index >= 15 is 0 Å². The van der Waals surface area contributed by atoms with E-state index in [1.807, 2.05) is 30.3 Å². The van der Waals surface area contributed by atoms with Crippen molar-refractivity contribution < 1.29 is 23.5 Å². The van der Waals surface area contributed by atoms with Crippen molar-refractivity contribution in [2.75, 3.05) is 12.4 Å². The predicted molar refractivity (Wildman–Crippen MR) is 94.2 cm³/mol. The molecule has 2 N–H and O–H groups in total. The van der Waals surface area contributed by atoms with Gasteiger partial charge in [-0.15, -0.1) is 0 Å². The number of hydrogen-bond acceptors (Lipinski definition) is 5. The van der Waals surface area contributed by atoms with Crippen LogP contribution >= 0.6 is 7.60 Å². The lowest BCUT2D eigenvalue weighted by Crippen LogP contribution is -2.41. The molecule has 1 heterocycles. The fourth-order valence-corrected chi connectivity index (χ4v) is 4.47. The topological polar surface area (TPSA) is 84.9 Å². The maximum atomic E-state index is 12.7. The van der Waals surface area contributed by atoms with Gasteiger partial charge in [-0.2, -0.15) is 0 Å². The van der Waals surface area contributed by atoms with E-state index < -0.39 is 19.3 Å². The summed E-state index contributed by atoms with van der Waals surface area (Å²) < 4.78 is 23.1. The van der Waals surface area contributed by atoms with Crippen LogP contribution in [-0.2, 0) is 31.2 Å². The van der Waals surface area contributed by atoms with Crippen LogP contribution in [0.3, 0.4) is 0 Å². The molecule has 7 heteroatoms. The maximum absolute atomic E-state index is 12.7. The van der Waals surface area contributed by atoms with Gasteiger partial charge < -0.3 is 14.9 Å². The highest BCUT2D eigenvalue weighted by atomic mass is 31.2. The van der Waals surface area contributed by atoms with Crippen LogP contribution < -0.4 is 5.32 Å². The summed E-state index contributed by atoms with van der Waals surface area (Å²) in [5.41, 5.74) is 1.10. The van der Waals surface area contributed by atoms with Crippen molar-refractivity contribution in [3.05, 3.63) is 65.7 Å². The highest BCUT2D eigenvalue weighted by Crippen LogP contribution is 2.52. The summed E-state index contributed by atoms with van der Waals surface area (Å²) in [5.74, 6) is -0.514. The van der Waals surface area contributed by atoms with Gasteiger partial charge in [-0.05, 0) is 17.2 Å². The van der Waals surface area contributed by atoms with Crippen LogP contribution in [0.5, 0.6) is 0 Å². The highest BCUT2D eigenvalue weighted by Gasteiger charge is 2.45. The lowest BCUT2D eigenvalue weighted by molar-refractivity contribution is -0.144. The van der Waals surface area contributed by atoms with Gasteiger partial charge in [-0.3, -0.25) is 13.9 Å². The number of carbonyl (C=O) groups excluding carboxylic acids is 1. The molecule has 2 unspecified atom stereocenters. The van der Waals surface area contributed by atoms with Gasteiger partial charge in [-0.25, -0.2) is 0 Å². The van der Waals surface area contributed by atoms with Crippen molar-refractivity contribution in [3.63, 3.8) is 0 Å². The van der Waals surface area contributed by atoms with Gasteiger partial charge in [-0.1, -0.05) is 48.5 Å². The summed E-state index contributed by atoms with van der Waals surface area (Å²) in [6.07, 6.45) is 0.00389. The molecule has 2 aromatic rings. The quantitative estimate of drug-likeness (QED) is 0.607. The molecule has 132 valence electrons. The molecule has 1 aliphatic heterocycles. The van der Waals surface area contributed by atoms with E-state index in [1.165, 1.54) is 7.11 Å². The molecule has 25 heavy (non-hydrogen) atoms. The van der Waals surface area contributed by atoms with Gasteiger partial charge in [0, 0.05) is 12.1 Å². The molecule has 0 saturated carbocycles. The molecule has 1 aliphatic rings. The molecule has 2 atom stereocenters. The molecule has 0 aromatic heterocycles. The minimum Gasteiger partial charge on any atom is -0.469 e. The summed E-state index contributed by atoms with van der Waals surface area (Å²) in [4.78, 5) is 22.3. The summed E-state index contributed by atoms with van der Waals surface area (Å²) in [7, 11) is -2.72. The van der Waals surface area contributed by atoms with Crippen molar-refractivity contribution in [3.8, 4) is 0 Å². The molecule has 0 spiro atoms. The number of fused-ring (bicyclic) bond motifs is 1. The number of ether oxygens (including phenoxy) is 1. The van der Waals surface area contributed by atoms with Crippen LogP contribution in [0.25, 0.3) is 0 Å². The lowest BCUT2D eigenvalue weighted by Gasteiger charge is -2.31. The first-order chi connectivity index (χ1) is 11.9. The standard InChI is InChI=1S/C18H20NO5P/c1-23-17(20)12-18(11-15-9-5-6-10-16(15)19-18)24-25(21,22)13-14-7-3-2-4-8-14/h2-10,19H,11-13H2,1H3,(H,21,22). The van der Waals surface area contributed by atoms with E-state index in [0.29, 0.717) is 12.0 Å². The van der Waals surface area contributed by atoms with Crippen molar-refractivity contribution >= 4 is 19.3 Å². The van der Waals surface area contributed by atoms with E-state index in [9.17, 15) is 14.3 Å². The van der Waals surface area contributed by atoms with Gasteiger partial charge in [0.15, 0.2) is 5.72 Å². The normalized spacial score (nSPS) is 21.0. The van der Waals surface area contributed by atoms with Crippen molar-refractivity contribution in [2.24, 2.45) is 0 Å². The predicted octanol–water partition coefficient (Wildman–Crippen LogP) is 3.32. The van der Waals surface area contributed by atoms with Crippen molar-refractivity contribution in [1.82, 2.24) is 0 Å². The van der Waals surface area contributed by atoms with Crippen LogP contribution in [-0.4, -0.2) is 23.7 Å². The number of para-hydroxylation sites is 1. The van der Waals surface area contributed by atoms with E-state index in [0.717, 1.165) is 11.3 Å². The number of anilines is 1. The average molecular weight is 361 g/mol. The third kappa shape index (κ3) is 4.28. The number of rotatable bonds is 6. The Hall–Kier alpha value is -2.14. The summed E-state index contributed by atoms with van der Waals surface area (Å²) >= 11 is 0. The zero-order chi connectivity index (χ0) is 17.9. The van der Waals surface area contributed by atoms with Gasteiger partial charge in [0.1, 0.15) is 0 Å². The number of nitrogens with one attached hydrogen (secondary N) is 1. The van der Waals surface area contributed by atoms with E-state index in [2.05, 4.69) is 5.32 Å². The monoisotopic (exact) mass is 361 g/mol. The Morgan fingerprint density at radius 2 is 1.88 bits per heavy atom. The number of benzene rings is 2. The molecule has 0 aliphatic carbocycles. The molecule has 3 rings (SSSR count). The first-order valence-corrected chi connectivity index (χ1v) is 9.67. The molecular weight excluding hydrogens is 341 g/mol. The summed E-state index contributed by atoms with van der Waals surface area (Å²) in [5, 5.41) is 3.10. The van der Waals surface area contributed by atoms with Gasteiger partial charge in [0.2, 0.25) is 0 Å². The van der Waals surface area contributed by atoms with E-state index in [1.54, 1.807) is 24.3 Å². The number of methoxy groups -OCH3 is 1. The van der Waals surface area contributed by atoms with Crippen molar-refractivity contribution in [2.45, 2.75) is 24.7 Å². The number of esters is 1. The largest absolute Gasteiger partial charge is 0.469 e. The Bertz CT molecular complexity index is 783. The first kappa shape index (κ1) is 17.7. The zero-order valence-electron chi connectivity index (χ0n) is 13.8. The fraction of sp³-hybridized carbons (Fsp3) is 0.278. The maximum Gasteiger partial charge on any atom is 0.334 e. The third-order valence-electron chi connectivity index (χ3n) is 4.06. The minimum atomic E-state index is -3.99. The molecule has 0 amide bonds. The van der Waals surface area contributed by atoms with Crippen molar-refractivity contribution in [1.29, 1.82) is 0 Å². The average Bonchev–Trinajstić information content (AvgIpc) is 2.91. The Balaban J connectivity index is 1.83. The SMILES string of the molecule is COC(=O)CC1(OP(=O)(O)Cc2ccccc2)Cc2ccccc2N1. The van der Waals surface area contributed by atoms with Crippen LogP contribution in [0.4, 0.5) is 5.69 Å². The van der Waals surface area contributed by atoms with Crippen LogP contribution in [0.2, 0.25) is 0 Å². The second-order valence-electron chi connectivity index (χ2n) is 6.08. The lowest BCUT2D eigenvalue weighted by atomic mass is 10.0. The summed E-state index contributed by atoms with van der Waals surface area (Å²) in [6.45, 7) is 0. The molecule has 0 saturated heterocycles. The van der Waals surface area contributed by atoms with Crippen LogP contribution in [0.1, 0.15) is 17.5 Å². The highest BCUT2D eigenvalue weighted by molar-refractivity contribution is 7.52. The molecule has 0 bridgehead atoms. The molecule has 0 radical (unpaired) electrons. The third-order valence-corrected chi connectivity index (χ3v) is 5.46. The van der Waals surface area contributed by atoms with Crippen LogP contribution in [0.15, 0.2) is 54.6 Å². The number of hydrogen-bond donors (Lipinski definition) is 2.